The van der Waals surface area contributed by atoms with Crippen LogP contribution in [-0.2, 0) is 20.9 Å². The largest absolute Gasteiger partial charge is 0.497 e. The molecule has 1 aliphatic rings. The van der Waals surface area contributed by atoms with Crippen molar-refractivity contribution in [3.63, 3.8) is 0 Å². The van der Waals surface area contributed by atoms with Crippen LogP contribution in [0.4, 0.5) is 0 Å². The van der Waals surface area contributed by atoms with E-state index in [4.69, 9.17) is 14.2 Å². The highest BCUT2D eigenvalue weighted by Gasteiger charge is 2.24. The Morgan fingerprint density at radius 1 is 0.903 bits per heavy atom. The smallest absolute Gasteiger partial charge is 0.309 e. The van der Waals surface area contributed by atoms with E-state index in [1.807, 2.05) is 48.5 Å². The number of ether oxygens (including phenoxy) is 3. The van der Waals surface area contributed by atoms with Crippen LogP contribution in [0.5, 0.6) is 11.5 Å². The van der Waals surface area contributed by atoms with Gasteiger partial charge in [0.2, 0.25) is 0 Å². The van der Waals surface area contributed by atoms with E-state index in [1.54, 1.807) is 14.2 Å². The minimum absolute atomic E-state index is 0.0619. The van der Waals surface area contributed by atoms with Gasteiger partial charge in [-0.3, -0.25) is 14.5 Å². The lowest BCUT2D eigenvalue weighted by Gasteiger charge is -2.34. The van der Waals surface area contributed by atoms with Gasteiger partial charge in [-0.05, 0) is 35.4 Å². The Bertz CT molecular complexity index is 849. The second-order valence-corrected chi connectivity index (χ2v) is 7.18. The van der Waals surface area contributed by atoms with E-state index < -0.39 is 11.8 Å². The number of hydrogen-bond donors (Lipinski definition) is 2. The minimum Gasteiger partial charge on any atom is -0.497 e. The Kier molecular flexibility index (Phi) is 8.26. The topological polar surface area (TPSA) is 89.1 Å². The van der Waals surface area contributed by atoms with Gasteiger partial charge in [0.05, 0.1) is 33.5 Å². The number of carbonyl (C=O) groups excluding carboxylic acids is 2. The molecular weight excluding hydrogens is 398 g/mol. The summed E-state index contributed by atoms with van der Waals surface area (Å²) in [6.07, 6.45) is 0. The summed E-state index contributed by atoms with van der Waals surface area (Å²) >= 11 is 0. The van der Waals surface area contributed by atoms with Crippen LogP contribution in [0.3, 0.4) is 0 Å². The Balaban J connectivity index is 1.57. The molecule has 1 aliphatic heterocycles. The normalized spacial score (nSPS) is 15.0. The van der Waals surface area contributed by atoms with Gasteiger partial charge in [-0.25, -0.2) is 0 Å². The molecule has 1 heterocycles. The molecule has 0 aromatic heterocycles. The number of nitrogens with one attached hydrogen (secondary N) is 2. The lowest BCUT2D eigenvalue weighted by Crippen LogP contribution is -2.46. The maximum atomic E-state index is 12.4. The minimum atomic E-state index is -0.661. The second kappa shape index (κ2) is 11.3. The summed E-state index contributed by atoms with van der Waals surface area (Å²) in [6.45, 7) is 3.39. The quantitative estimate of drug-likeness (QED) is 0.621. The van der Waals surface area contributed by atoms with Gasteiger partial charge >= 0.3 is 11.8 Å². The van der Waals surface area contributed by atoms with Gasteiger partial charge in [0, 0.05) is 26.2 Å². The van der Waals surface area contributed by atoms with Crippen LogP contribution in [-0.4, -0.2) is 63.8 Å². The Morgan fingerprint density at radius 3 is 2.03 bits per heavy atom. The molecule has 2 amide bonds. The van der Waals surface area contributed by atoms with E-state index in [9.17, 15) is 9.59 Å². The first-order chi connectivity index (χ1) is 15.1. The Hall–Kier alpha value is -3.10. The summed E-state index contributed by atoms with van der Waals surface area (Å²) < 4.78 is 15.8. The van der Waals surface area contributed by atoms with Crippen LogP contribution in [0.15, 0.2) is 48.5 Å². The molecule has 1 fully saturated rings. The third-order valence-electron chi connectivity index (χ3n) is 5.26. The number of methoxy groups -OCH3 is 2. The molecule has 0 aliphatic carbocycles. The van der Waals surface area contributed by atoms with Crippen LogP contribution >= 0.6 is 0 Å². The first-order valence-electron chi connectivity index (χ1n) is 10.3. The van der Waals surface area contributed by atoms with Crippen molar-refractivity contribution in [3.8, 4) is 11.5 Å². The summed E-state index contributed by atoms with van der Waals surface area (Å²) in [4.78, 5) is 26.9. The summed E-state index contributed by atoms with van der Waals surface area (Å²) in [5.74, 6) is 0.193. The van der Waals surface area contributed by atoms with Crippen LogP contribution in [0, 0.1) is 0 Å². The number of carbonyl (C=O) groups is 2. The molecule has 0 bridgehead atoms. The fourth-order valence-electron chi connectivity index (χ4n) is 3.45. The molecule has 0 saturated carbocycles. The van der Waals surface area contributed by atoms with Gasteiger partial charge < -0.3 is 24.8 Å². The molecule has 0 spiro atoms. The van der Waals surface area contributed by atoms with Crippen molar-refractivity contribution in [3.05, 3.63) is 59.7 Å². The van der Waals surface area contributed by atoms with E-state index in [2.05, 4.69) is 15.5 Å². The summed E-state index contributed by atoms with van der Waals surface area (Å²) in [7, 11) is 3.22. The van der Waals surface area contributed by atoms with Crippen LogP contribution in [0.25, 0.3) is 0 Å². The SMILES string of the molecule is COc1ccc(CNC(=O)C(=O)NC[C@@H](c2ccc(OC)cc2)N2CCOCC2)cc1. The van der Waals surface area contributed by atoms with Gasteiger partial charge in [0.1, 0.15) is 11.5 Å². The highest BCUT2D eigenvalue weighted by atomic mass is 16.5. The van der Waals surface area contributed by atoms with Gasteiger partial charge in [-0.1, -0.05) is 24.3 Å². The number of hydrogen-bond acceptors (Lipinski definition) is 6. The Morgan fingerprint density at radius 2 is 1.45 bits per heavy atom. The molecular formula is C23H29N3O5. The molecule has 8 heteroatoms. The zero-order chi connectivity index (χ0) is 22.1. The van der Waals surface area contributed by atoms with Crippen molar-refractivity contribution in [2.24, 2.45) is 0 Å². The van der Waals surface area contributed by atoms with Crippen molar-refractivity contribution in [2.45, 2.75) is 12.6 Å². The average Bonchev–Trinajstić information content (AvgIpc) is 2.83. The number of morpholine rings is 1. The predicted octanol–water partition coefficient (Wildman–Crippen LogP) is 1.51. The number of amides is 2. The lowest BCUT2D eigenvalue weighted by molar-refractivity contribution is -0.139. The fourth-order valence-corrected chi connectivity index (χ4v) is 3.45. The van der Waals surface area contributed by atoms with Crippen LogP contribution in [0.1, 0.15) is 17.2 Å². The summed E-state index contributed by atoms with van der Waals surface area (Å²) in [6, 6.07) is 15.0. The lowest BCUT2D eigenvalue weighted by atomic mass is 10.0. The summed E-state index contributed by atoms with van der Waals surface area (Å²) in [5, 5.41) is 5.43. The van der Waals surface area contributed by atoms with Crippen molar-refractivity contribution in [1.82, 2.24) is 15.5 Å². The molecule has 31 heavy (non-hydrogen) atoms. The van der Waals surface area contributed by atoms with Crippen molar-refractivity contribution in [1.29, 1.82) is 0 Å². The van der Waals surface area contributed by atoms with E-state index in [-0.39, 0.29) is 12.6 Å². The number of rotatable bonds is 8. The van der Waals surface area contributed by atoms with E-state index >= 15 is 0 Å². The molecule has 8 nitrogen and oxygen atoms in total. The third-order valence-corrected chi connectivity index (χ3v) is 5.26. The van der Waals surface area contributed by atoms with Crippen LogP contribution < -0.4 is 20.1 Å². The maximum Gasteiger partial charge on any atom is 0.309 e. The standard InChI is InChI=1S/C23H29N3O5/c1-29-19-7-3-17(4-8-19)15-24-22(27)23(28)25-16-21(26-11-13-31-14-12-26)18-5-9-20(30-2)10-6-18/h3-10,21H,11-16H2,1-2H3,(H,24,27)(H,25,28)/t21-/m0/s1. The third kappa shape index (κ3) is 6.44. The first kappa shape index (κ1) is 22.6. The molecule has 0 radical (unpaired) electrons. The molecule has 2 aromatic rings. The first-order valence-corrected chi connectivity index (χ1v) is 10.3. The second-order valence-electron chi connectivity index (χ2n) is 7.18. The zero-order valence-electron chi connectivity index (χ0n) is 17.9. The molecule has 2 N–H and O–H groups in total. The predicted molar refractivity (Wildman–Crippen MR) is 116 cm³/mol. The monoisotopic (exact) mass is 427 g/mol. The van der Waals surface area contributed by atoms with E-state index in [0.717, 1.165) is 35.7 Å². The van der Waals surface area contributed by atoms with Crippen molar-refractivity contribution in [2.75, 3.05) is 47.1 Å². The molecule has 3 rings (SSSR count). The molecule has 1 saturated heterocycles. The molecule has 2 aromatic carbocycles. The van der Waals surface area contributed by atoms with Gasteiger partial charge in [-0.2, -0.15) is 0 Å². The van der Waals surface area contributed by atoms with Gasteiger partial charge in [0.25, 0.3) is 0 Å². The molecule has 1 atom stereocenters. The number of nitrogens with zero attached hydrogens (tertiary/aromatic N) is 1. The Labute approximate surface area is 182 Å². The average molecular weight is 428 g/mol. The summed E-state index contributed by atoms with van der Waals surface area (Å²) in [5.41, 5.74) is 1.92. The van der Waals surface area contributed by atoms with Crippen molar-refractivity contribution < 1.29 is 23.8 Å². The van der Waals surface area contributed by atoms with Crippen molar-refractivity contribution >= 4 is 11.8 Å². The van der Waals surface area contributed by atoms with Gasteiger partial charge in [-0.15, -0.1) is 0 Å². The number of benzene rings is 2. The molecule has 166 valence electrons. The van der Waals surface area contributed by atoms with E-state index in [1.165, 1.54) is 0 Å². The highest BCUT2D eigenvalue weighted by Crippen LogP contribution is 2.23. The maximum absolute atomic E-state index is 12.4. The highest BCUT2D eigenvalue weighted by molar-refractivity contribution is 6.35. The van der Waals surface area contributed by atoms with Crippen LogP contribution in [0.2, 0.25) is 0 Å². The van der Waals surface area contributed by atoms with E-state index in [0.29, 0.717) is 19.8 Å². The molecule has 0 unspecified atom stereocenters. The van der Waals surface area contributed by atoms with Gasteiger partial charge in [0.15, 0.2) is 0 Å². The fraction of sp³-hybridized carbons (Fsp3) is 0.391. The zero-order valence-corrected chi connectivity index (χ0v) is 17.9.